The van der Waals surface area contributed by atoms with Gasteiger partial charge in [-0.1, -0.05) is 6.07 Å². The number of amides is 1. The van der Waals surface area contributed by atoms with Crippen LogP contribution in [0.4, 0.5) is 5.82 Å². The maximum Gasteiger partial charge on any atom is 0.251 e. The molecule has 2 aromatic heterocycles. The third kappa shape index (κ3) is 3.44. The van der Waals surface area contributed by atoms with Crippen LogP contribution in [0, 0.1) is 0 Å². The minimum absolute atomic E-state index is 0.0509. The highest BCUT2D eigenvalue weighted by Crippen LogP contribution is 2.22. The van der Waals surface area contributed by atoms with Crippen LogP contribution in [0.2, 0.25) is 0 Å². The lowest BCUT2D eigenvalue weighted by molar-refractivity contribution is 0.0951. The van der Waals surface area contributed by atoms with E-state index in [0.29, 0.717) is 12.1 Å². The van der Waals surface area contributed by atoms with Crippen molar-refractivity contribution < 1.29 is 4.79 Å². The van der Waals surface area contributed by atoms with Gasteiger partial charge in [-0.05, 0) is 55.3 Å². The number of nitrogens with one attached hydrogen (secondary N) is 1. The molecule has 6 nitrogen and oxygen atoms in total. The first-order valence-corrected chi connectivity index (χ1v) is 8.87. The first-order valence-electron chi connectivity index (χ1n) is 8.87. The van der Waals surface area contributed by atoms with E-state index in [-0.39, 0.29) is 11.9 Å². The van der Waals surface area contributed by atoms with Crippen LogP contribution in [-0.4, -0.2) is 39.8 Å². The molecule has 0 saturated carbocycles. The van der Waals surface area contributed by atoms with Crippen LogP contribution < -0.4 is 10.2 Å². The predicted octanol–water partition coefficient (Wildman–Crippen LogP) is 2.67. The summed E-state index contributed by atoms with van der Waals surface area (Å²) >= 11 is 0. The number of anilines is 1. The second kappa shape index (κ2) is 7.39. The topological polar surface area (TPSA) is 63.1 Å². The number of rotatable bonds is 5. The summed E-state index contributed by atoms with van der Waals surface area (Å²) in [4.78, 5) is 14.8. The van der Waals surface area contributed by atoms with Crippen molar-refractivity contribution in [3.8, 4) is 5.69 Å². The monoisotopic (exact) mass is 347 g/mol. The Morgan fingerprint density at radius 2 is 2.04 bits per heavy atom. The van der Waals surface area contributed by atoms with E-state index in [1.54, 1.807) is 6.20 Å². The summed E-state index contributed by atoms with van der Waals surface area (Å²) in [5.74, 6) is 0.823. The van der Waals surface area contributed by atoms with Gasteiger partial charge in [0, 0.05) is 49.0 Å². The Labute approximate surface area is 152 Å². The van der Waals surface area contributed by atoms with Crippen LogP contribution in [0.25, 0.3) is 5.69 Å². The van der Waals surface area contributed by atoms with Gasteiger partial charge in [0.25, 0.3) is 5.91 Å². The van der Waals surface area contributed by atoms with Crippen LogP contribution in [0.15, 0.2) is 67.1 Å². The molecule has 0 spiro atoms. The van der Waals surface area contributed by atoms with Gasteiger partial charge in [-0.3, -0.25) is 4.79 Å². The van der Waals surface area contributed by atoms with Crippen LogP contribution in [-0.2, 0) is 0 Å². The predicted molar refractivity (Wildman–Crippen MR) is 101 cm³/mol. The Morgan fingerprint density at radius 3 is 2.85 bits per heavy atom. The molecule has 1 saturated heterocycles. The average Bonchev–Trinajstić information content (AvgIpc) is 3.39. The van der Waals surface area contributed by atoms with Crippen LogP contribution in [0.1, 0.15) is 23.2 Å². The van der Waals surface area contributed by atoms with E-state index >= 15 is 0 Å². The third-order valence-electron chi connectivity index (χ3n) is 4.74. The van der Waals surface area contributed by atoms with E-state index in [1.165, 1.54) is 0 Å². The van der Waals surface area contributed by atoms with Crippen molar-refractivity contribution in [1.82, 2.24) is 20.1 Å². The molecule has 1 amide bonds. The summed E-state index contributed by atoms with van der Waals surface area (Å²) in [5.41, 5.74) is 1.64. The summed E-state index contributed by atoms with van der Waals surface area (Å²) < 4.78 is 1.99. The van der Waals surface area contributed by atoms with E-state index in [1.807, 2.05) is 65.5 Å². The second-order valence-electron chi connectivity index (χ2n) is 6.42. The molecule has 0 aliphatic carbocycles. The average molecular weight is 347 g/mol. The number of carbonyl (C=O) groups excluding carboxylic acids is 1. The molecule has 3 aromatic rings. The summed E-state index contributed by atoms with van der Waals surface area (Å²) in [6.07, 6.45) is 7.75. The maximum atomic E-state index is 12.6. The van der Waals surface area contributed by atoms with Crippen molar-refractivity contribution >= 4 is 11.7 Å². The Balaban J connectivity index is 1.42. The zero-order chi connectivity index (χ0) is 17.8. The molecule has 1 aliphatic heterocycles. The van der Waals surface area contributed by atoms with E-state index in [9.17, 15) is 4.79 Å². The molecule has 1 unspecified atom stereocenters. The molecular formula is C20H21N5O. The molecule has 1 aliphatic rings. The van der Waals surface area contributed by atoms with Gasteiger partial charge in [0.1, 0.15) is 0 Å². The lowest BCUT2D eigenvalue weighted by Crippen LogP contribution is -2.40. The van der Waals surface area contributed by atoms with Crippen molar-refractivity contribution in [2.75, 3.05) is 18.0 Å². The van der Waals surface area contributed by atoms with Crippen LogP contribution in [0.5, 0.6) is 0 Å². The van der Waals surface area contributed by atoms with Crippen LogP contribution in [0.3, 0.4) is 0 Å². The Bertz CT molecular complexity index is 863. The summed E-state index contributed by atoms with van der Waals surface area (Å²) in [6.45, 7) is 1.55. The minimum Gasteiger partial charge on any atom is -0.350 e. The quantitative estimate of drug-likeness (QED) is 0.771. The molecule has 132 valence electrons. The highest BCUT2D eigenvalue weighted by Gasteiger charge is 2.26. The fourth-order valence-corrected chi connectivity index (χ4v) is 3.42. The number of aromatic nitrogens is 3. The lowest BCUT2D eigenvalue weighted by Gasteiger charge is -2.25. The van der Waals surface area contributed by atoms with Gasteiger partial charge in [0.05, 0.1) is 0 Å². The van der Waals surface area contributed by atoms with Gasteiger partial charge in [-0.25, -0.2) is 0 Å². The normalized spacial score (nSPS) is 16.6. The van der Waals surface area contributed by atoms with Gasteiger partial charge < -0.3 is 14.8 Å². The number of hydrogen-bond donors (Lipinski definition) is 1. The molecule has 0 bridgehead atoms. The van der Waals surface area contributed by atoms with Crippen molar-refractivity contribution in [1.29, 1.82) is 0 Å². The number of hydrogen-bond acceptors (Lipinski definition) is 4. The maximum absolute atomic E-state index is 12.6. The smallest absolute Gasteiger partial charge is 0.251 e. The summed E-state index contributed by atoms with van der Waals surface area (Å²) in [5, 5.41) is 11.2. The first kappa shape index (κ1) is 16.3. The van der Waals surface area contributed by atoms with Crippen molar-refractivity contribution in [3.63, 3.8) is 0 Å². The van der Waals surface area contributed by atoms with E-state index in [0.717, 1.165) is 30.9 Å². The van der Waals surface area contributed by atoms with Crippen molar-refractivity contribution in [2.24, 2.45) is 0 Å². The number of nitrogens with zero attached hydrogens (tertiary/aromatic N) is 4. The summed E-state index contributed by atoms with van der Waals surface area (Å²) in [7, 11) is 0. The molecule has 6 heteroatoms. The first-order chi connectivity index (χ1) is 12.8. The number of benzene rings is 1. The molecule has 26 heavy (non-hydrogen) atoms. The standard InChI is InChI=1S/C20H21N5O/c26-20(16-6-3-7-17(14-16)24-11-1-2-12-24)21-15-18-8-5-13-25(18)19-9-4-10-22-23-19/h1-4,6-7,9-12,14,18H,5,8,13,15H2,(H,21,26). The van der Waals surface area contributed by atoms with Gasteiger partial charge in [0.15, 0.2) is 5.82 Å². The van der Waals surface area contributed by atoms with E-state index < -0.39 is 0 Å². The zero-order valence-corrected chi connectivity index (χ0v) is 14.5. The Morgan fingerprint density at radius 1 is 1.15 bits per heavy atom. The number of carbonyl (C=O) groups is 1. The highest BCUT2D eigenvalue weighted by molar-refractivity contribution is 5.94. The zero-order valence-electron chi connectivity index (χ0n) is 14.5. The third-order valence-corrected chi connectivity index (χ3v) is 4.74. The van der Waals surface area contributed by atoms with Gasteiger partial charge in [-0.15, -0.1) is 5.10 Å². The SMILES string of the molecule is O=C(NCC1CCCN1c1cccnn1)c1cccc(-n2cccc2)c1. The van der Waals surface area contributed by atoms with Crippen LogP contribution >= 0.6 is 0 Å². The molecular weight excluding hydrogens is 326 g/mol. The van der Waals surface area contributed by atoms with Gasteiger partial charge >= 0.3 is 0 Å². The molecule has 1 atom stereocenters. The fourth-order valence-electron chi connectivity index (χ4n) is 3.42. The Hall–Kier alpha value is -3.15. The minimum atomic E-state index is -0.0509. The molecule has 3 heterocycles. The summed E-state index contributed by atoms with van der Waals surface area (Å²) in [6, 6.07) is 15.7. The Kier molecular flexibility index (Phi) is 4.64. The molecule has 1 fully saturated rings. The van der Waals surface area contributed by atoms with E-state index in [2.05, 4.69) is 20.4 Å². The van der Waals surface area contributed by atoms with Gasteiger partial charge in [-0.2, -0.15) is 5.10 Å². The van der Waals surface area contributed by atoms with E-state index in [4.69, 9.17) is 0 Å². The van der Waals surface area contributed by atoms with Gasteiger partial charge in [0.2, 0.25) is 0 Å². The van der Waals surface area contributed by atoms with Crippen molar-refractivity contribution in [2.45, 2.75) is 18.9 Å². The van der Waals surface area contributed by atoms with Crippen molar-refractivity contribution in [3.05, 3.63) is 72.7 Å². The molecule has 0 radical (unpaired) electrons. The fraction of sp³-hybridized carbons (Fsp3) is 0.250. The molecule has 1 aromatic carbocycles. The highest BCUT2D eigenvalue weighted by atomic mass is 16.1. The lowest BCUT2D eigenvalue weighted by atomic mass is 10.1. The molecule has 4 rings (SSSR count). The largest absolute Gasteiger partial charge is 0.350 e. The molecule has 1 N–H and O–H groups in total. The second-order valence-corrected chi connectivity index (χ2v) is 6.42.